The van der Waals surface area contributed by atoms with E-state index in [9.17, 15) is 19.4 Å². The highest BCUT2D eigenvalue weighted by Gasteiger charge is 2.30. The van der Waals surface area contributed by atoms with Crippen molar-refractivity contribution in [1.29, 1.82) is 0 Å². The predicted molar refractivity (Wildman–Crippen MR) is 103 cm³/mol. The van der Waals surface area contributed by atoms with Gasteiger partial charge >= 0.3 is 6.09 Å². The molecule has 1 aromatic heterocycles. The highest BCUT2D eigenvalue weighted by Crippen LogP contribution is 2.38. The van der Waals surface area contributed by atoms with Crippen molar-refractivity contribution in [3.8, 4) is 5.75 Å². The van der Waals surface area contributed by atoms with E-state index < -0.39 is 6.09 Å². The zero-order valence-electron chi connectivity index (χ0n) is 15.1. The van der Waals surface area contributed by atoms with E-state index in [4.69, 9.17) is 0 Å². The number of fused-ring (bicyclic) bond motifs is 1. The summed E-state index contributed by atoms with van der Waals surface area (Å²) >= 11 is 0. The molecule has 1 aliphatic rings. The molecule has 1 aliphatic heterocycles. The fraction of sp³-hybridized carbons (Fsp3) is 0.238. The molecule has 7 heteroatoms. The summed E-state index contributed by atoms with van der Waals surface area (Å²) in [7, 11) is 0. The molecular weight excluding hydrogens is 361 g/mol. The molecule has 0 radical (unpaired) electrons. The van der Waals surface area contributed by atoms with Gasteiger partial charge in [-0.15, -0.1) is 0 Å². The number of pyridine rings is 1. The molecule has 3 aromatic rings. The number of piperazine rings is 1. The molecule has 2 N–H and O–H groups in total. The second-order valence-electron chi connectivity index (χ2n) is 6.86. The number of benzene rings is 2. The number of aromatic hydroxyl groups is 1. The first-order valence-corrected chi connectivity index (χ1v) is 9.07. The third kappa shape index (κ3) is 3.36. The summed E-state index contributed by atoms with van der Waals surface area (Å²) in [6, 6.07) is 11.4. The number of hydrogen-bond donors (Lipinski definition) is 2. The van der Waals surface area contributed by atoms with Crippen LogP contribution < -0.4 is 0 Å². The van der Waals surface area contributed by atoms with Crippen LogP contribution in [0, 0.1) is 5.82 Å². The van der Waals surface area contributed by atoms with Crippen molar-refractivity contribution in [2.75, 3.05) is 26.2 Å². The molecule has 1 saturated heterocycles. The van der Waals surface area contributed by atoms with Crippen LogP contribution >= 0.6 is 0 Å². The molecule has 1 fully saturated rings. The van der Waals surface area contributed by atoms with Crippen LogP contribution in [0.2, 0.25) is 0 Å². The molecule has 144 valence electrons. The van der Waals surface area contributed by atoms with Crippen LogP contribution in [0.5, 0.6) is 5.75 Å². The Bertz CT molecular complexity index is 1000. The topological polar surface area (TPSA) is 76.9 Å². The van der Waals surface area contributed by atoms with Gasteiger partial charge in [0.25, 0.3) is 0 Å². The lowest BCUT2D eigenvalue weighted by Gasteiger charge is -2.39. The lowest BCUT2D eigenvalue weighted by molar-refractivity contribution is 0.0927. The van der Waals surface area contributed by atoms with Crippen LogP contribution in [0.3, 0.4) is 0 Å². The minimum absolute atomic E-state index is 0.162. The maximum Gasteiger partial charge on any atom is 0.407 e. The molecule has 6 nitrogen and oxygen atoms in total. The van der Waals surface area contributed by atoms with Crippen LogP contribution in [0.1, 0.15) is 17.2 Å². The van der Waals surface area contributed by atoms with Gasteiger partial charge in [-0.05, 0) is 23.8 Å². The SMILES string of the molecule is O=C(O)N1CCN(C(c2ccc(F)cc2)c2ccc3cnccc3c2O)CC1. The zero-order chi connectivity index (χ0) is 19.7. The van der Waals surface area contributed by atoms with Gasteiger partial charge in [0.2, 0.25) is 0 Å². The number of amides is 1. The van der Waals surface area contributed by atoms with E-state index in [1.165, 1.54) is 17.0 Å². The first-order chi connectivity index (χ1) is 13.5. The predicted octanol–water partition coefficient (Wildman–Crippen LogP) is 3.46. The summed E-state index contributed by atoms with van der Waals surface area (Å²) in [6.07, 6.45) is 2.39. The summed E-state index contributed by atoms with van der Waals surface area (Å²) in [4.78, 5) is 18.8. The Morgan fingerprint density at radius 3 is 2.43 bits per heavy atom. The highest BCUT2D eigenvalue weighted by molar-refractivity contribution is 5.88. The van der Waals surface area contributed by atoms with Crippen LogP contribution in [0.4, 0.5) is 9.18 Å². The standard InChI is InChI=1S/C21H20FN3O3/c22-16-4-1-14(2-5-16)19(24-9-11-25(12-10-24)21(27)28)18-6-3-15-13-23-8-7-17(15)20(18)26/h1-8,13,19,26H,9-12H2,(H,27,28). The smallest absolute Gasteiger partial charge is 0.407 e. The largest absolute Gasteiger partial charge is 0.507 e. The summed E-state index contributed by atoms with van der Waals surface area (Å²) in [6.45, 7) is 1.79. The summed E-state index contributed by atoms with van der Waals surface area (Å²) in [5.74, 6) is -0.165. The van der Waals surface area contributed by atoms with E-state index >= 15 is 0 Å². The first kappa shape index (κ1) is 18.2. The molecule has 2 heterocycles. The summed E-state index contributed by atoms with van der Waals surface area (Å²) < 4.78 is 13.5. The van der Waals surface area contributed by atoms with Gasteiger partial charge in [-0.1, -0.05) is 24.3 Å². The van der Waals surface area contributed by atoms with Gasteiger partial charge < -0.3 is 15.1 Å². The number of phenolic OH excluding ortho intramolecular Hbond substituents is 1. The first-order valence-electron chi connectivity index (χ1n) is 9.07. The summed E-state index contributed by atoms with van der Waals surface area (Å²) in [5.41, 5.74) is 1.54. The van der Waals surface area contributed by atoms with E-state index in [-0.39, 0.29) is 17.6 Å². The van der Waals surface area contributed by atoms with Gasteiger partial charge in [0.15, 0.2) is 0 Å². The van der Waals surface area contributed by atoms with Crippen LogP contribution in [-0.4, -0.2) is 57.3 Å². The van der Waals surface area contributed by atoms with Crippen LogP contribution in [0.15, 0.2) is 54.9 Å². The average Bonchev–Trinajstić information content (AvgIpc) is 2.72. The Hall–Kier alpha value is -3.19. The fourth-order valence-corrected chi connectivity index (χ4v) is 3.79. The Balaban J connectivity index is 1.77. The third-order valence-corrected chi connectivity index (χ3v) is 5.25. The molecule has 1 unspecified atom stereocenters. The van der Waals surface area contributed by atoms with Crippen molar-refractivity contribution in [3.63, 3.8) is 0 Å². The van der Waals surface area contributed by atoms with E-state index in [0.717, 1.165) is 10.9 Å². The number of hydrogen-bond acceptors (Lipinski definition) is 4. The van der Waals surface area contributed by atoms with Crippen molar-refractivity contribution in [2.24, 2.45) is 0 Å². The van der Waals surface area contributed by atoms with Gasteiger partial charge in [0, 0.05) is 54.9 Å². The molecule has 1 atom stereocenters. The zero-order valence-corrected chi connectivity index (χ0v) is 15.1. The second-order valence-corrected chi connectivity index (χ2v) is 6.86. The third-order valence-electron chi connectivity index (χ3n) is 5.25. The Morgan fingerprint density at radius 1 is 1.04 bits per heavy atom. The van der Waals surface area contributed by atoms with Crippen molar-refractivity contribution < 1.29 is 19.4 Å². The number of halogens is 1. The van der Waals surface area contributed by atoms with Crippen molar-refractivity contribution in [2.45, 2.75) is 6.04 Å². The maximum absolute atomic E-state index is 13.5. The van der Waals surface area contributed by atoms with E-state index in [1.807, 2.05) is 12.1 Å². The number of aromatic nitrogens is 1. The number of nitrogens with zero attached hydrogens (tertiary/aromatic N) is 3. The molecule has 0 bridgehead atoms. The number of rotatable bonds is 3. The van der Waals surface area contributed by atoms with Crippen molar-refractivity contribution >= 4 is 16.9 Å². The average molecular weight is 381 g/mol. The highest BCUT2D eigenvalue weighted by atomic mass is 19.1. The monoisotopic (exact) mass is 381 g/mol. The molecule has 0 saturated carbocycles. The molecule has 1 amide bonds. The Kier molecular flexibility index (Phi) is 4.83. The molecule has 2 aromatic carbocycles. The van der Waals surface area contributed by atoms with Crippen molar-refractivity contribution in [3.05, 3.63) is 71.8 Å². The molecule has 0 aliphatic carbocycles. The maximum atomic E-state index is 13.5. The van der Waals surface area contributed by atoms with E-state index in [0.29, 0.717) is 37.1 Å². The van der Waals surface area contributed by atoms with Crippen LogP contribution in [0.25, 0.3) is 10.8 Å². The summed E-state index contributed by atoms with van der Waals surface area (Å²) in [5, 5.41) is 21.7. The minimum Gasteiger partial charge on any atom is -0.507 e. The van der Waals surface area contributed by atoms with E-state index in [1.54, 1.807) is 30.6 Å². The second kappa shape index (κ2) is 7.44. The molecular formula is C21H20FN3O3. The Morgan fingerprint density at radius 2 is 1.75 bits per heavy atom. The van der Waals surface area contributed by atoms with Crippen LogP contribution in [-0.2, 0) is 0 Å². The van der Waals surface area contributed by atoms with Gasteiger partial charge in [-0.3, -0.25) is 9.88 Å². The molecule has 0 spiro atoms. The quantitative estimate of drug-likeness (QED) is 0.727. The lowest BCUT2D eigenvalue weighted by Crippen LogP contribution is -2.49. The number of phenols is 1. The fourth-order valence-electron chi connectivity index (χ4n) is 3.79. The number of carbonyl (C=O) groups is 1. The van der Waals surface area contributed by atoms with Gasteiger partial charge in [-0.2, -0.15) is 0 Å². The molecule has 4 rings (SSSR count). The normalized spacial score (nSPS) is 16.2. The van der Waals surface area contributed by atoms with Gasteiger partial charge in [-0.25, -0.2) is 9.18 Å². The lowest BCUT2D eigenvalue weighted by atomic mass is 9.93. The Labute approximate surface area is 161 Å². The number of carboxylic acid groups (broad SMARTS) is 1. The molecule has 28 heavy (non-hydrogen) atoms. The van der Waals surface area contributed by atoms with Gasteiger partial charge in [0.1, 0.15) is 11.6 Å². The van der Waals surface area contributed by atoms with E-state index in [2.05, 4.69) is 9.88 Å². The van der Waals surface area contributed by atoms with Gasteiger partial charge in [0.05, 0.1) is 6.04 Å². The minimum atomic E-state index is -0.931. The van der Waals surface area contributed by atoms with Crippen molar-refractivity contribution in [1.82, 2.24) is 14.8 Å².